The molecule has 0 spiro atoms. The van der Waals surface area contributed by atoms with Gasteiger partial charge in [-0.3, -0.25) is 9.80 Å². The lowest BCUT2D eigenvalue weighted by Gasteiger charge is -2.13. The van der Waals surface area contributed by atoms with Crippen molar-refractivity contribution in [2.45, 2.75) is 6.42 Å². The van der Waals surface area contributed by atoms with Crippen molar-refractivity contribution in [1.82, 2.24) is 9.91 Å². The molecule has 1 saturated heterocycles. The van der Waals surface area contributed by atoms with E-state index >= 15 is 0 Å². The first-order valence-electron chi connectivity index (χ1n) is 4.87. The predicted octanol–water partition coefficient (Wildman–Crippen LogP) is -0.713. The first-order chi connectivity index (χ1) is 6.59. The summed E-state index contributed by atoms with van der Waals surface area (Å²) in [4.78, 5) is 13.3. The maximum absolute atomic E-state index is 11.0. The van der Waals surface area contributed by atoms with Gasteiger partial charge in [0, 0.05) is 13.6 Å². The van der Waals surface area contributed by atoms with E-state index in [1.165, 1.54) is 7.05 Å². The van der Waals surface area contributed by atoms with Crippen molar-refractivity contribution >= 4 is 5.91 Å². The van der Waals surface area contributed by atoms with Crippen LogP contribution in [0.3, 0.4) is 0 Å². The van der Waals surface area contributed by atoms with E-state index in [9.17, 15) is 4.79 Å². The molecule has 1 rings (SSSR count). The second kappa shape index (κ2) is 5.29. The number of hydrogen-bond acceptors (Lipinski definition) is 4. The van der Waals surface area contributed by atoms with Crippen LogP contribution in [0.25, 0.3) is 0 Å². The van der Waals surface area contributed by atoms with Crippen molar-refractivity contribution in [3.8, 4) is 0 Å². The molecule has 14 heavy (non-hydrogen) atoms. The number of carbonyl (C=O) groups excluding carboxylic acids is 1. The summed E-state index contributed by atoms with van der Waals surface area (Å²) in [5, 5.41) is 1.06. The van der Waals surface area contributed by atoms with Crippen LogP contribution in [0.15, 0.2) is 0 Å². The molecule has 1 aliphatic rings. The SMILES string of the molecule is CN1CCC(COCC(=O)N(C)N)C1. The Morgan fingerprint density at radius 3 is 2.93 bits per heavy atom. The quantitative estimate of drug-likeness (QED) is 0.371. The fourth-order valence-electron chi connectivity index (χ4n) is 1.58. The fourth-order valence-corrected chi connectivity index (χ4v) is 1.58. The molecule has 1 amide bonds. The maximum Gasteiger partial charge on any atom is 0.262 e. The monoisotopic (exact) mass is 201 g/mol. The Labute approximate surface area is 84.8 Å². The van der Waals surface area contributed by atoms with Crippen LogP contribution in [0.5, 0.6) is 0 Å². The summed E-state index contributed by atoms with van der Waals surface area (Å²) >= 11 is 0. The summed E-state index contributed by atoms with van der Waals surface area (Å²) in [6, 6.07) is 0. The summed E-state index contributed by atoms with van der Waals surface area (Å²) in [6.07, 6.45) is 1.16. The number of nitrogens with zero attached hydrogens (tertiary/aromatic N) is 2. The smallest absolute Gasteiger partial charge is 0.262 e. The van der Waals surface area contributed by atoms with Gasteiger partial charge in [-0.2, -0.15) is 0 Å². The van der Waals surface area contributed by atoms with Crippen molar-refractivity contribution in [2.24, 2.45) is 11.8 Å². The van der Waals surface area contributed by atoms with E-state index in [1.807, 2.05) is 0 Å². The van der Waals surface area contributed by atoms with E-state index in [0.29, 0.717) is 12.5 Å². The molecular weight excluding hydrogens is 182 g/mol. The van der Waals surface area contributed by atoms with Crippen LogP contribution in [-0.2, 0) is 9.53 Å². The van der Waals surface area contributed by atoms with Crippen molar-refractivity contribution in [2.75, 3.05) is 40.4 Å². The average Bonchev–Trinajstić information content (AvgIpc) is 2.51. The van der Waals surface area contributed by atoms with Gasteiger partial charge in [0.15, 0.2) is 0 Å². The van der Waals surface area contributed by atoms with Gasteiger partial charge >= 0.3 is 0 Å². The van der Waals surface area contributed by atoms with E-state index in [2.05, 4.69) is 11.9 Å². The Morgan fingerprint density at radius 1 is 1.71 bits per heavy atom. The second-order valence-electron chi connectivity index (χ2n) is 3.94. The first-order valence-corrected chi connectivity index (χ1v) is 4.87. The number of rotatable bonds is 4. The van der Waals surface area contributed by atoms with Crippen molar-refractivity contribution in [3.05, 3.63) is 0 Å². The number of amides is 1. The highest BCUT2D eigenvalue weighted by Crippen LogP contribution is 2.13. The van der Waals surface area contributed by atoms with Gasteiger partial charge in [0.2, 0.25) is 0 Å². The third-order valence-electron chi connectivity index (χ3n) is 2.46. The van der Waals surface area contributed by atoms with Crippen LogP contribution in [0.2, 0.25) is 0 Å². The maximum atomic E-state index is 11.0. The molecule has 1 heterocycles. The third kappa shape index (κ3) is 3.61. The van der Waals surface area contributed by atoms with E-state index in [-0.39, 0.29) is 12.5 Å². The van der Waals surface area contributed by atoms with Gasteiger partial charge in [-0.25, -0.2) is 5.84 Å². The minimum atomic E-state index is -0.184. The molecule has 0 aromatic rings. The molecule has 1 atom stereocenters. The highest BCUT2D eigenvalue weighted by molar-refractivity contribution is 5.76. The molecule has 0 aliphatic carbocycles. The Kier molecular flexibility index (Phi) is 4.31. The van der Waals surface area contributed by atoms with Crippen LogP contribution in [0, 0.1) is 5.92 Å². The first kappa shape index (κ1) is 11.4. The second-order valence-corrected chi connectivity index (χ2v) is 3.94. The van der Waals surface area contributed by atoms with Gasteiger partial charge in [0.25, 0.3) is 5.91 Å². The number of carbonyl (C=O) groups is 1. The summed E-state index contributed by atoms with van der Waals surface area (Å²) in [5.41, 5.74) is 0. The molecule has 5 heteroatoms. The van der Waals surface area contributed by atoms with E-state index in [4.69, 9.17) is 10.6 Å². The van der Waals surface area contributed by atoms with Crippen LogP contribution in [0.1, 0.15) is 6.42 Å². The molecule has 1 unspecified atom stereocenters. The lowest BCUT2D eigenvalue weighted by Crippen LogP contribution is -2.36. The zero-order chi connectivity index (χ0) is 10.6. The highest BCUT2D eigenvalue weighted by atomic mass is 16.5. The number of hydrogen-bond donors (Lipinski definition) is 1. The van der Waals surface area contributed by atoms with Gasteiger partial charge in [-0.1, -0.05) is 0 Å². The van der Waals surface area contributed by atoms with Gasteiger partial charge in [-0.05, 0) is 25.9 Å². The molecule has 82 valence electrons. The molecule has 2 N–H and O–H groups in total. The largest absolute Gasteiger partial charge is 0.371 e. The molecule has 0 saturated carbocycles. The van der Waals surface area contributed by atoms with Crippen LogP contribution in [-0.4, -0.2) is 56.2 Å². The molecule has 0 aromatic carbocycles. The number of ether oxygens (including phenoxy) is 1. The number of likely N-dealkylation sites (tertiary alicyclic amines) is 1. The average molecular weight is 201 g/mol. The zero-order valence-electron chi connectivity index (χ0n) is 8.90. The lowest BCUT2D eigenvalue weighted by molar-refractivity contribution is -0.135. The lowest BCUT2D eigenvalue weighted by atomic mass is 10.1. The molecule has 1 fully saturated rings. The van der Waals surface area contributed by atoms with Crippen molar-refractivity contribution < 1.29 is 9.53 Å². The fraction of sp³-hybridized carbons (Fsp3) is 0.889. The van der Waals surface area contributed by atoms with E-state index < -0.39 is 0 Å². The Bertz CT molecular complexity index is 196. The number of likely N-dealkylation sites (N-methyl/N-ethyl adjacent to an activating group) is 1. The molecule has 0 radical (unpaired) electrons. The minimum Gasteiger partial charge on any atom is -0.371 e. The van der Waals surface area contributed by atoms with Gasteiger partial charge < -0.3 is 9.64 Å². The Balaban J connectivity index is 2.07. The normalized spacial score (nSPS) is 22.6. The van der Waals surface area contributed by atoms with Crippen LogP contribution in [0.4, 0.5) is 0 Å². The molecule has 1 aliphatic heterocycles. The summed E-state index contributed by atoms with van der Waals surface area (Å²) < 4.78 is 5.29. The van der Waals surface area contributed by atoms with E-state index in [0.717, 1.165) is 24.5 Å². The highest BCUT2D eigenvalue weighted by Gasteiger charge is 2.19. The van der Waals surface area contributed by atoms with Gasteiger partial charge in [0.1, 0.15) is 6.61 Å². The van der Waals surface area contributed by atoms with E-state index in [1.54, 1.807) is 0 Å². The molecular formula is C9H19N3O2. The predicted molar refractivity (Wildman–Crippen MR) is 53.4 cm³/mol. The third-order valence-corrected chi connectivity index (χ3v) is 2.46. The Hall–Kier alpha value is -0.650. The van der Waals surface area contributed by atoms with Crippen molar-refractivity contribution in [1.29, 1.82) is 0 Å². The number of hydrazine groups is 1. The Morgan fingerprint density at radius 2 is 2.43 bits per heavy atom. The van der Waals surface area contributed by atoms with Crippen LogP contribution >= 0.6 is 0 Å². The van der Waals surface area contributed by atoms with Gasteiger partial charge in [0.05, 0.1) is 6.61 Å². The zero-order valence-corrected chi connectivity index (χ0v) is 8.90. The number of nitrogens with two attached hydrogens (primary N) is 1. The summed E-state index contributed by atoms with van der Waals surface area (Å²) in [5.74, 6) is 5.63. The molecule has 0 aromatic heterocycles. The van der Waals surface area contributed by atoms with Crippen molar-refractivity contribution in [3.63, 3.8) is 0 Å². The topological polar surface area (TPSA) is 58.8 Å². The standard InChI is InChI=1S/C9H19N3O2/c1-11-4-3-8(5-11)6-14-7-9(13)12(2)10/h8H,3-7,10H2,1-2H3. The molecule has 0 bridgehead atoms. The van der Waals surface area contributed by atoms with Gasteiger partial charge in [-0.15, -0.1) is 0 Å². The molecule has 5 nitrogen and oxygen atoms in total. The van der Waals surface area contributed by atoms with Crippen LogP contribution < -0.4 is 5.84 Å². The summed E-state index contributed by atoms with van der Waals surface area (Å²) in [6.45, 7) is 2.93. The summed E-state index contributed by atoms with van der Waals surface area (Å²) in [7, 11) is 3.62. The minimum absolute atomic E-state index is 0.0905.